The lowest BCUT2D eigenvalue weighted by Crippen LogP contribution is -2.18. The number of nitrogens with zero attached hydrogens (tertiary/aromatic N) is 1. The van der Waals surface area contributed by atoms with Gasteiger partial charge >= 0.3 is 0 Å². The van der Waals surface area contributed by atoms with Crippen LogP contribution >= 0.6 is 0 Å². The molecule has 22 heavy (non-hydrogen) atoms. The summed E-state index contributed by atoms with van der Waals surface area (Å²) >= 11 is 0. The lowest BCUT2D eigenvalue weighted by molar-refractivity contribution is 0.306. The maximum atomic E-state index is 9.10. The van der Waals surface area contributed by atoms with Gasteiger partial charge in [0.15, 0.2) is 0 Å². The van der Waals surface area contributed by atoms with Crippen molar-refractivity contribution < 1.29 is 4.74 Å². The van der Waals surface area contributed by atoms with E-state index in [4.69, 9.17) is 15.7 Å². The molecule has 0 aliphatic heterocycles. The highest BCUT2D eigenvalue weighted by atomic mass is 16.5. The van der Waals surface area contributed by atoms with Gasteiger partial charge < -0.3 is 15.8 Å². The molecule has 0 unspecified atom stereocenters. The summed E-state index contributed by atoms with van der Waals surface area (Å²) in [5.41, 5.74) is 8.41. The fraction of sp³-hybridized carbons (Fsp3) is 0.167. The van der Waals surface area contributed by atoms with Crippen molar-refractivity contribution in [2.24, 2.45) is 5.73 Å². The second-order valence-corrected chi connectivity index (χ2v) is 4.85. The van der Waals surface area contributed by atoms with E-state index < -0.39 is 0 Å². The van der Waals surface area contributed by atoms with Gasteiger partial charge in [-0.05, 0) is 23.3 Å². The van der Waals surface area contributed by atoms with E-state index in [1.54, 1.807) is 7.05 Å². The minimum atomic E-state index is 0.409. The average Bonchev–Trinajstić information content (AvgIpc) is 2.59. The standard InChI is InChI=1S/C18H19N3O/c1-21-18(20)16(12-19)11-14-7-9-17(10-8-14)22-13-15-5-3-2-4-6-15/h2-10,21H,11,13,20H2,1H3/b18-16+. The van der Waals surface area contributed by atoms with Gasteiger partial charge in [-0.1, -0.05) is 42.5 Å². The predicted molar refractivity (Wildman–Crippen MR) is 86.8 cm³/mol. The average molecular weight is 293 g/mol. The molecule has 112 valence electrons. The van der Waals surface area contributed by atoms with Crippen molar-refractivity contribution in [3.05, 3.63) is 77.1 Å². The first-order chi connectivity index (χ1) is 10.7. The normalized spacial score (nSPS) is 11.3. The molecule has 2 aromatic carbocycles. The summed E-state index contributed by atoms with van der Waals surface area (Å²) in [6, 6.07) is 19.8. The molecule has 2 rings (SSSR count). The molecule has 0 aliphatic carbocycles. The topological polar surface area (TPSA) is 71.1 Å². The number of rotatable bonds is 6. The maximum absolute atomic E-state index is 9.10. The summed E-state index contributed by atoms with van der Waals surface area (Å²) < 4.78 is 5.73. The molecule has 4 nitrogen and oxygen atoms in total. The number of allylic oxidation sites excluding steroid dienone is 1. The van der Waals surface area contributed by atoms with Gasteiger partial charge in [-0.3, -0.25) is 0 Å². The molecular formula is C18H19N3O. The molecule has 0 saturated carbocycles. The van der Waals surface area contributed by atoms with Crippen LogP contribution in [-0.2, 0) is 13.0 Å². The molecule has 0 aromatic heterocycles. The van der Waals surface area contributed by atoms with Gasteiger partial charge in [0.05, 0.1) is 11.6 Å². The fourth-order valence-electron chi connectivity index (χ4n) is 1.99. The predicted octanol–water partition coefficient (Wildman–Crippen LogP) is 2.72. The monoisotopic (exact) mass is 293 g/mol. The molecule has 3 N–H and O–H groups in total. The Balaban J connectivity index is 1.97. The van der Waals surface area contributed by atoms with Crippen LogP contribution in [0.25, 0.3) is 0 Å². The molecule has 0 saturated heterocycles. The van der Waals surface area contributed by atoms with Crippen LogP contribution in [0.5, 0.6) is 5.75 Å². The lowest BCUT2D eigenvalue weighted by atomic mass is 10.1. The number of nitrogens with one attached hydrogen (secondary N) is 1. The van der Waals surface area contributed by atoms with E-state index in [-0.39, 0.29) is 0 Å². The molecule has 0 aliphatic rings. The van der Waals surface area contributed by atoms with E-state index in [2.05, 4.69) is 11.4 Å². The molecule has 0 atom stereocenters. The molecule has 0 radical (unpaired) electrons. The Kier molecular flexibility index (Phi) is 5.44. The minimum Gasteiger partial charge on any atom is -0.489 e. The summed E-state index contributed by atoms with van der Waals surface area (Å²) in [5, 5.41) is 11.9. The third-order valence-corrected chi connectivity index (χ3v) is 3.28. The van der Waals surface area contributed by atoms with Crippen molar-refractivity contribution in [2.75, 3.05) is 7.05 Å². The summed E-state index contributed by atoms with van der Waals surface area (Å²) in [5.74, 6) is 1.21. The Morgan fingerprint density at radius 3 is 2.36 bits per heavy atom. The van der Waals surface area contributed by atoms with Crippen molar-refractivity contribution in [2.45, 2.75) is 13.0 Å². The van der Waals surface area contributed by atoms with E-state index in [9.17, 15) is 0 Å². The molecule has 0 amide bonds. The van der Waals surface area contributed by atoms with Crippen LogP contribution in [0.3, 0.4) is 0 Å². The largest absolute Gasteiger partial charge is 0.489 e. The highest BCUT2D eigenvalue weighted by molar-refractivity contribution is 5.35. The second kappa shape index (κ2) is 7.75. The minimum absolute atomic E-state index is 0.409. The van der Waals surface area contributed by atoms with Crippen LogP contribution < -0.4 is 15.8 Å². The number of nitrogens with two attached hydrogens (primary N) is 1. The lowest BCUT2D eigenvalue weighted by Gasteiger charge is -2.08. The van der Waals surface area contributed by atoms with E-state index in [0.29, 0.717) is 24.4 Å². The Hall–Kier alpha value is -2.93. The fourth-order valence-corrected chi connectivity index (χ4v) is 1.99. The van der Waals surface area contributed by atoms with Crippen LogP contribution in [0.4, 0.5) is 0 Å². The van der Waals surface area contributed by atoms with Crippen LogP contribution in [0, 0.1) is 11.3 Å². The van der Waals surface area contributed by atoms with Gasteiger partial charge in [0.25, 0.3) is 0 Å². The van der Waals surface area contributed by atoms with Crippen molar-refractivity contribution in [3.8, 4) is 11.8 Å². The van der Waals surface area contributed by atoms with Crippen molar-refractivity contribution in [1.29, 1.82) is 5.26 Å². The molecule has 0 heterocycles. The first-order valence-corrected chi connectivity index (χ1v) is 7.05. The van der Waals surface area contributed by atoms with Gasteiger partial charge in [-0.2, -0.15) is 5.26 Å². The first kappa shape index (κ1) is 15.5. The van der Waals surface area contributed by atoms with E-state index in [0.717, 1.165) is 16.9 Å². The number of benzene rings is 2. The van der Waals surface area contributed by atoms with Crippen LogP contribution in [-0.4, -0.2) is 7.05 Å². The highest BCUT2D eigenvalue weighted by Crippen LogP contribution is 2.16. The quantitative estimate of drug-likeness (QED) is 0.803. The summed E-state index contributed by atoms with van der Waals surface area (Å²) in [7, 11) is 1.70. The molecule has 4 heteroatoms. The second-order valence-electron chi connectivity index (χ2n) is 4.85. The highest BCUT2D eigenvalue weighted by Gasteiger charge is 2.04. The zero-order valence-electron chi connectivity index (χ0n) is 12.5. The Bertz CT molecular complexity index is 670. The number of hydrogen-bond acceptors (Lipinski definition) is 4. The first-order valence-electron chi connectivity index (χ1n) is 7.05. The SMILES string of the molecule is CN/C(N)=C(/C#N)Cc1ccc(OCc2ccccc2)cc1. The van der Waals surface area contributed by atoms with Crippen molar-refractivity contribution >= 4 is 0 Å². The zero-order valence-corrected chi connectivity index (χ0v) is 12.5. The third-order valence-electron chi connectivity index (χ3n) is 3.28. The Morgan fingerprint density at radius 1 is 1.09 bits per heavy atom. The third kappa shape index (κ3) is 4.29. The molecule has 0 fully saturated rings. The Labute approximate surface area is 130 Å². The smallest absolute Gasteiger partial charge is 0.119 e. The van der Waals surface area contributed by atoms with Gasteiger partial charge in [0.1, 0.15) is 18.2 Å². The zero-order chi connectivity index (χ0) is 15.8. The van der Waals surface area contributed by atoms with Gasteiger partial charge in [0, 0.05) is 13.5 Å². The van der Waals surface area contributed by atoms with E-state index in [1.807, 2.05) is 54.6 Å². The van der Waals surface area contributed by atoms with Gasteiger partial charge in [0.2, 0.25) is 0 Å². The number of nitriles is 1. The summed E-state index contributed by atoms with van der Waals surface area (Å²) in [4.78, 5) is 0. The van der Waals surface area contributed by atoms with Crippen LogP contribution in [0.1, 0.15) is 11.1 Å². The van der Waals surface area contributed by atoms with Gasteiger partial charge in [-0.15, -0.1) is 0 Å². The molecule has 0 bridgehead atoms. The molecule has 0 spiro atoms. The molecular weight excluding hydrogens is 274 g/mol. The summed E-state index contributed by atoms with van der Waals surface area (Å²) in [6.45, 7) is 0.538. The maximum Gasteiger partial charge on any atom is 0.119 e. The summed E-state index contributed by atoms with van der Waals surface area (Å²) in [6.07, 6.45) is 0.502. The van der Waals surface area contributed by atoms with E-state index in [1.165, 1.54) is 0 Å². The van der Waals surface area contributed by atoms with E-state index >= 15 is 0 Å². The van der Waals surface area contributed by atoms with Crippen LogP contribution in [0.2, 0.25) is 0 Å². The Morgan fingerprint density at radius 2 is 1.77 bits per heavy atom. The number of hydrogen-bond donors (Lipinski definition) is 2. The van der Waals surface area contributed by atoms with Crippen molar-refractivity contribution in [1.82, 2.24) is 5.32 Å². The van der Waals surface area contributed by atoms with Crippen molar-refractivity contribution in [3.63, 3.8) is 0 Å². The molecule has 2 aromatic rings. The van der Waals surface area contributed by atoms with Gasteiger partial charge in [-0.25, -0.2) is 0 Å². The van der Waals surface area contributed by atoms with Crippen LogP contribution in [0.15, 0.2) is 66.0 Å². The number of ether oxygens (including phenoxy) is 1.